The van der Waals surface area contributed by atoms with Crippen LogP contribution in [0.4, 0.5) is 0 Å². The van der Waals surface area contributed by atoms with Crippen LogP contribution in [-0.2, 0) is 19.1 Å². The Kier molecular flexibility index (Phi) is 6.68. The highest BCUT2D eigenvalue weighted by Gasteiger charge is 2.34. The summed E-state index contributed by atoms with van der Waals surface area (Å²) in [6, 6.07) is 8.89. The molecule has 0 radical (unpaired) electrons. The molecule has 0 saturated heterocycles. The number of benzene rings is 1. The van der Waals surface area contributed by atoms with Crippen molar-refractivity contribution >= 4 is 40.5 Å². The van der Waals surface area contributed by atoms with Crippen molar-refractivity contribution in [3.63, 3.8) is 0 Å². The number of hydrazone groups is 2. The number of carbonyl (C=O) groups is 3. The van der Waals surface area contributed by atoms with E-state index in [0.717, 1.165) is 16.2 Å². The Labute approximate surface area is 193 Å². The molecule has 33 heavy (non-hydrogen) atoms. The van der Waals surface area contributed by atoms with Crippen LogP contribution >= 0.6 is 11.3 Å². The van der Waals surface area contributed by atoms with E-state index >= 15 is 0 Å². The molecule has 4 rings (SSSR count). The van der Waals surface area contributed by atoms with Crippen molar-refractivity contribution in [2.75, 3.05) is 20.8 Å². The summed E-state index contributed by atoms with van der Waals surface area (Å²) >= 11 is 1.53. The third-order valence-electron chi connectivity index (χ3n) is 5.23. The van der Waals surface area contributed by atoms with Crippen LogP contribution in [0.2, 0.25) is 0 Å². The van der Waals surface area contributed by atoms with Crippen LogP contribution in [-0.4, -0.2) is 55.0 Å². The Morgan fingerprint density at radius 1 is 1.18 bits per heavy atom. The van der Waals surface area contributed by atoms with Gasteiger partial charge < -0.3 is 14.2 Å². The highest BCUT2D eigenvalue weighted by molar-refractivity contribution is 7.12. The molecule has 0 aliphatic carbocycles. The third-order valence-corrected chi connectivity index (χ3v) is 6.15. The maximum Gasteiger partial charge on any atom is 0.355 e. The monoisotopic (exact) mass is 470 g/mol. The van der Waals surface area contributed by atoms with Crippen LogP contribution < -0.4 is 14.9 Å². The zero-order chi connectivity index (χ0) is 23.4. The number of esters is 1. The van der Waals surface area contributed by atoms with Crippen molar-refractivity contribution in [3.8, 4) is 11.5 Å². The molecule has 2 aliphatic heterocycles. The number of carbonyl (C=O) groups excluding carboxylic acids is 3. The van der Waals surface area contributed by atoms with Crippen LogP contribution in [0.15, 0.2) is 45.9 Å². The largest absolute Gasteiger partial charge is 0.493 e. The van der Waals surface area contributed by atoms with E-state index in [1.807, 2.05) is 29.6 Å². The lowest BCUT2D eigenvalue weighted by molar-refractivity contribution is -0.148. The number of methoxy groups -OCH3 is 2. The molecule has 2 amide bonds. The second-order valence-corrected chi connectivity index (χ2v) is 8.21. The Morgan fingerprint density at radius 3 is 2.67 bits per heavy atom. The van der Waals surface area contributed by atoms with E-state index in [2.05, 4.69) is 15.6 Å². The molecule has 0 saturated carbocycles. The molecule has 0 spiro atoms. The van der Waals surface area contributed by atoms with Gasteiger partial charge in [0, 0.05) is 19.3 Å². The van der Waals surface area contributed by atoms with Crippen molar-refractivity contribution < 1.29 is 28.6 Å². The first-order chi connectivity index (χ1) is 16.0. The molecule has 10 nitrogen and oxygen atoms in total. The van der Waals surface area contributed by atoms with Gasteiger partial charge >= 0.3 is 5.97 Å². The first-order valence-corrected chi connectivity index (χ1v) is 11.1. The summed E-state index contributed by atoms with van der Waals surface area (Å²) in [5.74, 6) is -0.378. The van der Waals surface area contributed by atoms with Crippen LogP contribution in [0.5, 0.6) is 11.5 Å². The molecule has 172 valence electrons. The standard InChI is InChI=1S/C22H22N4O6S/c1-30-17-7-5-13(10-18(17)31-2)16-11-15(19-4-3-9-33-19)25-26(16)21(28)12-32-22(29)14-6-8-20(27)24-23-14/h3-5,7,9-10,16H,6,8,11-12H2,1-2H3,(H,24,27)/t16-/m0/s1. The van der Waals surface area contributed by atoms with Gasteiger partial charge in [-0.25, -0.2) is 15.2 Å². The van der Waals surface area contributed by atoms with E-state index in [-0.39, 0.29) is 24.5 Å². The SMILES string of the molecule is COc1ccc([C@@H]2CC(c3cccs3)=NN2C(=O)COC(=O)C2=NNC(=O)CC2)cc1OC. The number of amides is 2. The highest BCUT2D eigenvalue weighted by atomic mass is 32.1. The normalized spacial score (nSPS) is 17.7. The first kappa shape index (κ1) is 22.5. The van der Waals surface area contributed by atoms with E-state index < -0.39 is 24.5 Å². The topological polar surface area (TPSA) is 119 Å². The lowest BCUT2D eigenvalue weighted by Gasteiger charge is -2.23. The third kappa shape index (κ3) is 4.87. The van der Waals surface area contributed by atoms with E-state index in [9.17, 15) is 14.4 Å². The minimum absolute atomic E-state index is 0.0723. The summed E-state index contributed by atoms with van der Waals surface area (Å²) in [6.07, 6.45) is 0.801. The molecule has 1 atom stereocenters. The van der Waals surface area contributed by atoms with Crippen LogP contribution in [0, 0.1) is 0 Å². The average Bonchev–Trinajstić information content (AvgIpc) is 3.52. The van der Waals surface area contributed by atoms with Gasteiger partial charge in [0.15, 0.2) is 18.1 Å². The molecule has 2 aliphatic rings. The molecule has 2 aromatic rings. The number of thiophene rings is 1. The Bertz CT molecular complexity index is 1130. The van der Waals surface area contributed by atoms with Crippen molar-refractivity contribution in [2.45, 2.75) is 25.3 Å². The molecular formula is C22H22N4O6S. The van der Waals surface area contributed by atoms with Gasteiger partial charge in [-0.2, -0.15) is 10.2 Å². The Balaban J connectivity index is 1.53. The van der Waals surface area contributed by atoms with Gasteiger partial charge in [-0.3, -0.25) is 9.59 Å². The predicted molar refractivity (Wildman–Crippen MR) is 120 cm³/mol. The minimum Gasteiger partial charge on any atom is -0.493 e. The Hall–Kier alpha value is -3.73. The molecule has 11 heteroatoms. The number of rotatable bonds is 7. The molecule has 0 bridgehead atoms. The summed E-state index contributed by atoms with van der Waals surface area (Å²) in [5, 5.41) is 11.5. The minimum atomic E-state index is -0.743. The van der Waals surface area contributed by atoms with Gasteiger partial charge in [-0.1, -0.05) is 12.1 Å². The number of hydrogen-bond acceptors (Lipinski definition) is 9. The van der Waals surface area contributed by atoms with Gasteiger partial charge in [0.1, 0.15) is 5.71 Å². The fourth-order valence-corrected chi connectivity index (χ4v) is 4.27. The van der Waals surface area contributed by atoms with Crippen LogP contribution in [0.1, 0.15) is 35.7 Å². The van der Waals surface area contributed by atoms with Crippen molar-refractivity contribution in [1.82, 2.24) is 10.4 Å². The van der Waals surface area contributed by atoms with Gasteiger partial charge in [0.25, 0.3) is 5.91 Å². The van der Waals surface area contributed by atoms with E-state index in [1.54, 1.807) is 20.3 Å². The molecule has 1 aromatic heterocycles. The molecule has 1 N–H and O–H groups in total. The Morgan fingerprint density at radius 2 is 2.00 bits per heavy atom. The van der Waals surface area contributed by atoms with E-state index in [0.29, 0.717) is 17.9 Å². The van der Waals surface area contributed by atoms with Crippen molar-refractivity contribution in [1.29, 1.82) is 0 Å². The second-order valence-electron chi connectivity index (χ2n) is 7.27. The van der Waals surface area contributed by atoms with E-state index in [1.165, 1.54) is 16.3 Å². The van der Waals surface area contributed by atoms with Crippen molar-refractivity contribution in [2.24, 2.45) is 10.2 Å². The summed E-state index contributed by atoms with van der Waals surface area (Å²) in [6.45, 7) is -0.503. The summed E-state index contributed by atoms with van der Waals surface area (Å²) < 4.78 is 15.9. The number of hydrogen-bond donors (Lipinski definition) is 1. The smallest absolute Gasteiger partial charge is 0.355 e. The molecular weight excluding hydrogens is 448 g/mol. The summed E-state index contributed by atoms with van der Waals surface area (Å²) in [7, 11) is 3.10. The van der Waals surface area contributed by atoms with Gasteiger partial charge in [-0.05, 0) is 29.1 Å². The van der Waals surface area contributed by atoms with Gasteiger partial charge in [0.2, 0.25) is 5.91 Å². The first-order valence-electron chi connectivity index (χ1n) is 10.2. The molecule has 1 aromatic carbocycles. The van der Waals surface area contributed by atoms with Crippen LogP contribution in [0.3, 0.4) is 0 Å². The number of nitrogens with zero attached hydrogens (tertiary/aromatic N) is 3. The summed E-state index contributed by atoms with van der Waals surface area (Å²) in [4.78, 5) is 37.4. The fourth-order valence-electron chi connectivity index (χ4n) is 3.55. The van der Waals surface area contributed by atoms with E-state index in [4.69, 9.17) is 14.2 Å². The zero-order valence-electron chi connectivity index (χ0n) is 18.1. The van der Waals surface area contributed by atoms with Gasteiger partial charge in [-0.15, -0.1) is 11.3 Å². The zero-order valence-corrected chi connectivity index (χ0v) is 18.9. The quantitative estimate of drug-likeness (QED) is 0.620. The molecule has 0 unspecified atom stereocenters. The van der Waals surface area contributed by atoms with Crippen molar-refractivity contribution in [3.05, 3.63) is 46.2 Å². The fraction of sp³-hybridized carbons (Fsp3) is 0.318. The average molecular weight is 471 g/mol. The number of ether oxygens (including phenoxy) is 3. The lowest BCUT2D eigenvalue weighted by atomic mass is 10.0. The van der Waals surface area contributed by atoms with Crippen LogP contribution in [0.25, 0.3) is 0 Å². The lowest BCUT2D eigenvalue weighted by Crippen LogP contribution is -2.34. The molecule has 0 fully saturated rings. The number of nitrogens with one attached hydrogen (secondary N) is 1. The maximum absolute atomic E-state index is 13.0. The second kappa shape index (κ2) is 9.82. The highest BCUT2D eigenvalue weighted by Crippen LogP contribution is 2.37. The van der Waals surface area contributed by atoms with Gasteiger partial charge in [0.05, 0.1) is 30.9 Å². The summed E-state index contributed by atoms with van der Waals surface area (Å²) in [5.41, 5.74) is 3.88. The molecule has 3 heterocycles. The predicted octanol–water partition coefficient (Wildman–Crippen LogP) is 2.25. The maximum atomic E-state index is 13.0.